The number of H-pyrrole nitrogens is 1. The van der Waals surface area contributed by atoms with Gasteiger partial charge in [0.1, 0.15) is 30.0 Å². The molecule has 2 heterocycles. The summed E-state index contributed by atoms with van der Waals surface area (Å²) in [4.78, 5) is 47.4. The number of nitrogens with one attached hydrogen (secondary N) is 1. The highest BCUT2D eigenvalue weighted by atomic mass is 19.4. The molecule has 0 bridgehead atoms. The lowest BCUT2D eigenvalue weighted by Crippen LogP contribution is -2.63. The Morgan fingerprint density at radius 2 is 1.53 bits per heavy atom. The normalized spacial score (nSPS) is 21.8. The van der Waals surface area contributed by atoms with Crippen LogP contribution in [0.15, 0.2) is 18.2 Å². The number of rotatable bonds is 10. The van der Waals surface area contributed by atoms with Gasteiger partial charge in [-0.15, -0.1) is 5.10 Å². The average Bonchev–Trinajstić information content (AvgIpc) is 3.29. The number of hydrogen-bond donors (Lipinski definition) is 1. The van der Waals surface area contributed by atoms with Gasteiger partial charge in [0.25, 0.3) is 0 Å². The highest BCUT2D eigenvalue weighted by Gasteiger charge is 2.54. The number of ether oxygens (including phenoxy) is 7. The SMILES string of the molecule is COc1ccc(Cc2c(O[C@@H]3O[C@H](COC(C)=O)[C@@H](OC(C)=O)[C@H](OC(C)=O)[C@H]3OC(C)=O)n[nH]c2C(F)(F)F)c(F)c1. The van der Waals surface area contributed by atoms with Crippen molar-refractivity contribution in [1.82, 2.24) is 10.2 Å². The number of carbonyl (C=O) groups is 4. The summed E-state index contributed by atoms with van der Waals surface area (Å²) in [7, 11) is 1.28. The van der Waals surface area contributed by atoms with Crippen molar-refractivity contribution in [3.8, 4) is 11.6 Å². The molecule has 236 valence electrons. The third kappa shape index (κ3) is 8.56. The Labute approximate surface area is 241 Å². The predicted molar refractivity (Wildman–Crippen MR) is 132 cm³/mol. The summed E-state index contributed by atoms with van der Waals surface area (Å²) >= 11 is 0. The smallest absolute Gasteiger partial charge is 0.433 e. The van der Waals surface area contributed by atoms with Gasteiger partial charge in [0.05, 0.1) is 12.7 Å². The maximum Gasteiger partial charge on any atom is 0.433 e. The molecule has 5 atom stereocenters. The lowest BCUT2D eigenvalue weighted by Gasteiger charge is -2.43. The number of nitrogens with zero attached hydrogens (tertiary/aromatic N) is 1. The number of halogens is 4. The van der Waals surface area contributed by atoms with Crippen molar-refractivity contribution in [1.29, 1.82) is 0 Å². The Kier molecular flexibility index (Phi) is 10.6. The van der Waals surface area contributed by atoms with Gasteiger partial charge in [-0.25, -0.2) is 4.39 Å². The van der Waals surface area contributed by atoms with Crippen LogP contribution in [0.5, 0.6) is 11.6 Å². The number of aromatic amines is 1. The fraction of sp³-hybridized carbons (Fsp3) is 0.500. The van der Waals surface area contributed by atoms with Crippen molar-refractivity contribution in [3.05, 3.63) is 40.8 Å². The molecule has 1 N–H and O–H groups in total. The molecule has 3 rings (SSSR count). The molecule has 1 aromatic carbocycles. The van der Waals surface area contributed by atoms with E-state index in [9.17, 15) is 36.7 Å². The highest BCUT2D eigenvalue weighted by molar-refractivity contribution is 5.68. The van der Waals surface area contributed by atoms with Gasteiger partial charge in [0, 0.05) is 40.2 Å². The number of hydrogen-bond acceptors (Lipinski definition) is 12. The number of esters is 4. The van der Waals surface area contributed by atoms with Crippen LogP contribution in [-0.4, -0.2) is 78.5 Å². The molecule has 0 radical (unpaired) electrons. The molecule has 2 aromatic rings. The molecule has 0 amide bonds. The summed E-state index contributed by atoms with van der Waals surface area (Å²) in [6.07, 6.45) is -13.9. The zero-order valence-electron chi connectivity index (χ0n) is 23.5. The quantitative estimate of drug-likeness (QED) is 0.235. The number of aromatic nitrogens is 2. The van der Waals surface area contributed by atoms with Gasteiger partial charge >= 0.3 is 30.1 Å². The fourth-order valence-corrected chi connectivity index (χ4v) is 4.23. The Balaban J connectivity index is 2.09. The lowest BCUT2D eigenvalue weighted by atomic mass is 9.98. The molecule has 0 spiro atoms. The molecule has 1 aliphatic rings. The Bertz CT molecular complexity index is 1350. The van der Waals surface area contributed by atoms with E-state index in [2.05, 4.69) is 5.10 Å². The minimum Gasteiger partial charge on any atom is -0.497 e. The van der Waals surface area contributed by atoms with Crippen LogP contribution >= 0.6 is 0 Å². The first-order valence-corrected chi connectivity index (χ1v) is 12.5. The number of alkyl halides is 3. The number of benzene rings is 1. The minimum atomic E-state index is -4.99. The molecule has 1 aliphatic heterocycles. The van der Waals surface area contributed by atoms with Crippen molar-refractivity contribution in [2.24, 2.45) is 0 Å². The second-order valence-corrected chi connectivity index (χ2v) is 9.20. The summed E-state index contributed by atoms with van der Waals surface area (Å²) in [6.45, 7) is 3.45. The zero-order chi connectivity index (χ0) is 32.1. The third-order valence-electron chi connectivity index (χ3n) is 5.92. The van der Waals surface area contributed by atoms with Crippen molar-refractivity contribution >= 4 is 23.9 Å². The van der Waals surface area contributed by atoms with Gasteiger partial charge in [-0.1, -0.05) is 6.07 Å². The van der Waals surface area contributed by atoms with E-state index in [4.69, 9.17) is 33.2 Å². The van der Waals surface area contributed by atoms with Crippen LogP contribution in [0.3, 0.4) is 0 Å². The van der Waals surface area contributed by atoms with E-state index in [1.807, 2.05) is 5.10 Å². The van der Waals surface area contributed by atoms with Crippen LogP contribution in [0, 0.1) is 5.82 Å². The van der Waals surface area contributed by atoms with E-state index in [0.717, 1.165) is 33.8 Å². The van der Waals surface area contributed by atoms with Crippen molar-refractivity contribution < 1.29 is 69.9 Å². The topological polar surface area (TPSA) is 162 Å². The predicted octanol–water partition coefficient (Wildman–Crippen LogP) is 2.63. The third-order valence-corrected chi connectivity index (χ3v) is 5.92. The molecule has 1 fully saturated rings. The van der Waals surface area contributed by atoms with E-state index in [-0.39, 0.29) is 11.3 Å². The maximum absolute atomic E-state index is 14.7. The van der Waals surface area contributed by atoms with Crippen LogP contribution in [0.2, 0.25) is 0 Å². The van der Waals surface area contributed by atoms with E-state index in [1.54, 1.807) is 0 Å². The van der Waals surface area contributed by atoms with E-state index in [1.165, 1.54) is 19.2 Å². The minimum absolute atomic E-state index is 0.124. The Hall–Kier alpha value is -4.41. The summed E-state index contributed by atoms with van der Waals surface area (Å²) in [5.74, 6) is -5.04. The summed E-state index contributed by atoms with van der Waals surface area (Å²) in [5.41, 5.74) is -2.20. The molecule has 17 heteroatoms. The van der Waals surface area contributed by atoms with Gasteiger partial charge in [0.15, 0.2) is 12.2 Å². The number of methoxy groups -OCH3 is 1. The second kappa shape index (κ2) is 13.7. The zero-order valence-corrected chi connectivity index (χ0v) is 23.5. The summed E-state index contributed by atoms with van der Waals surface area (Å²) in [6, 6.07) is 3.52. The Morgan fingerprint density at radius 3 is 2.07 bits per heavy atom. The molecular weight excluding hydrogens is 592 g/mol. The first-order valence-electron chi connectivity index (χ1n) is 12.5. The molecule has 43 heavy (non-hydrogen) atoms. The largest absolute Gasteiger partial charge is 0.497 e. The van der Waals surface area contributed by atoms with Gasteiger partial charge in [-0.05, 0) is 11.6 Å². The Morgan fingerprint density at radius 1 is 0.930 bits per heavy atom. The molecule has 13 nitrogen and oxygen atoms in total. The highest BCUT2D eigenvalue weighted by Crippen LogP contribution is 2.38. The number of carbonyl (C=O) groups excluding carboxylic acids is 4. The van der Waals surface area contributed by atoms with E-state index >= 15 is 0 Å². The van der Waals surface area contributed by atoms with Crippen LogP contribution in [0.25, 0.3) is 0 Å². The van der Waals surface area contributed by atoms with Gasteiger partial charge in [-0.2, -0.15) is 13.2 Å². The van der Waals surface area contributed by atoms with E-state index < -0.39 is 96.7 Å². The molecule has 1 saturated heterocycles. The van der Waals surface area contributed by atoms with Crippen molar-refractivity contribution in [2.75, 3.05) is 13.7 Å². The van der Waals surface area contributed by atoms with Crippen LogP contribution in [0.4, 0.5) is 17.6 Å². The van der Waals surface area contributed by atoms with Crippen LogP contribution < -0.4 is 9.47 Å². The van der Waals surface area contributed by atoms with Gasteiger partial charge < -0.3 is 33.2 Å². The lowest BCUT2D eigenvalue weighted by molar-refractivity contribution is -0.289. The summed E-state index contributed by atoms with van der Waals surface area (Å²) in [5, 5.41) is 5.41. The average molecular weight is 621 g/mol. The molecule has 0 unspecified atom stereocenters. The maximum atomic E-state index is 14.7. The van der Waals surface area contributed by atoms with Crippen molar-refractivity contribution in [3.63, 3.8) is 0 Å². The van der Waals surface area contributed by atoms with Gasteiger partial charge in [0.2, 0.25) is 18.3 Å². The van der Waals surface area contributed by atoms with Crippen LogP contribution in [-0.2, 0) is 55.5 Å². The van der Waals surface area contributed by atoms with Crippen molar-refractivity contribution in [2.45, 2.75) is 71.0 Å². The van der Waals surface area contributed by atoms with Gasteiger partial charge in [-0.3, -0.25) is 24.3 Å². The monoisotopic (exact) mass is 620 g/mol. The molecule has 0 saturated carbocycles. The standard InChI is InChI=1S/C26H28F4N2O11/c1-11(33)38-10-19-20(39-12(2)34)21(40-13(3)35)22(41-14(4)36)25(42-19)43-24-17(23(31-32-24)26(28,29)30)8-15-6-7-16(37-5)9-18(15)27/h6-7,9,19-22,25H,8,10H2,1-5H3,(H,31,32)/t19-,20-,21+,22-,25+/m1/s1. The summed E-state index contributed by atoms with van der Waals surface area (Å²) < 4.78 is 93.6. The first-order chi connectivity index (χ1) is 20.1. The second-order valence-electron chi connectivity index (χ2n) is 9.20. The molecular formula is C26H28F4N2O11. The molecule has 1 aromatic heterocycles. The molecule has 0 aliphatic carbocycles. The van der Waals surface area contributed by atoms with E-state index in [0.29, 0.717) is 0 Å². The first kappa shape index (κ1) is 33.1. The fourth-order valence-electron chi connectivity index (χ4n) is 4.23. The van der Waals surface area contributed by atoms with Crippen LogP contribution in [0.1, 0.15) is 44.5 Å².